The standard InChI is InChI=1S/C23H24IN2O4S/c1-15(27)25-18-11-20-21(14-26(2)22(20)13-24-12-18)16-8-17(23-6-4-5-7-30-23)10-19(9-16)31(3,28)29/h6,8-14H,4-5,7H2,1-3H3,(H,25,27)/q-1. The predicted octanol–water partition coefficient (Wildman–Crippen LogP) is -1.15. The Morgan fingerprint density at radius 1 is 1.19 bits per heavy atom. The number of sulfone groups is 1. The van der Waals surface area contributed by atoms with E-state index in [1.807, 2.05) is 31.5 Å². The molecular weight excluding hydrogens is 527 g/mol. The molecule has 2 aliphatic rings. The summed E-state index contributed by atoms with van der Waals surface area (Å²) in [7, 11) is -1.43. The molecule has 0 spiro atoms. The van der Waals surface area contributed by atoms with Gasteiger partial charge < -0.3 is 0 Å². The number of halogens is 1. The number of benzene rings is 1. The number of rotatable bonds is 4. The molecule has 6 nitrogen and oxygen atoms in total. The number of hydrogen-bond donors (Lipinski definition) is 1. The van der Waals surface area contributed by atoms with Crippen LogP contribution in [0.25, 0.3) is 27.0 Å². The second-order valence-electron chi connectivity index (χ2n) is 7.65. The molecule has 4 rings (SSSR count). The molecule has 0 unspecified atom stereocenters. The molecule has 1 aromatic heterocycles. The van der Waals surface area contributed by atoms with Gasteiger partial charge in [0.1, 0.15) is 0 Å². The van der Waals surface area contributed by atoms with Gasteiger partial charge in [-0.1, -0.05) is 0 Å². The zero-order chi connectivity index (χ0) is 22.2. The number of carbonyl (C=O) groups is 1. The molecule has 1 aromatic carbocycles. The third kappa shape index (κ3) is 4.79. The number of nitrogens with one attached hydrogen (secondary N) is 1. The maximum atomic E-state index is 12.4. The molecule has 0 saturated heterocycles. The van der Waals surface area contributed by atoms with Crippen LogP contribution < -0.4 is 37.1 Å². The average molecular weight is 551 g/mol. The number of carbonyl (C=O) groups excluding carboxylic acids is 1. The first-order valence-electron chi connectivity index (χ1n) is 9.88. The number of hydrogen-bond acceptors (Lipinski definition) is 4. The van der Waals surface area contributed by atoms with Gasteiger partial charge in [0.25, 0.3) is 0 Å². The van der Waals surface area contributed by atoms with Crippen molar-refractivity contribution in [3.8, 4) is 11.1 Å². The summed E-state index contributed by atoms with van der Waals surface area (Å²) in [6.07, 6.45) is 9.09. The molecule has 2 aromatic rings. The first-order chi connectivity index (χ1) is 14.7. The number of aromatic nitrogens is 1. The van der Waals surface area contributed by atoms with Crippen molar-refractivity contribution in [3.05, 3.63) is 56.4 Å². The van der Waals surface area contributed by atoms with Gasteiger partial charge >= 0.3 is 193 Å². The molecule has 0 atom stereocenters. The molecule has 0 saturated carbocycles. The zero-order valence-corrected chi connectivity index (χ0v) is 20.6. The van der Waals surface area contributed by atoms with E-state index in [1.165, 1.54) is 13.2 Å². The van der Waals surface area contributed by atoms with Crippen LogP contribution in [0.1, 0.15) is 25.3 Å². The minimum absolute atomic E-state index is 0.116. The first-order valence-corrected chi connectivity index (χ1v) is 14.3. The van der Waals surface area contributed by atoms with Crippen molar-refractivity contribution >= 4 is 31.7 Å². The monoisotopic (exact) mass is 551 g/mol. The fraction of sp³-hybridized carbons (Fsp3) is 0.261. The van der Waals surface area contributed by atoms with E-state index < -0.39 is 9.84 Å². The number of nitrogens with zero attached hydrogens (tertiary/aromatic N) is 1. The van der Waals surface area contributed by atoms with E-state index in [0.717, 1.165) is 51.6 Å². The Morgan fingerprint density at radius 3 is 2.65 bits per heavy atom. The topological polar surface area (TPSA) is 77.4 Å². The van der Waals surface area contributed by atoms with Gasteiger partial charge in [0.15, 0.2) is 0 Å². The van der Waals surface area contributed by atoms with Crippen molar-refractivity contribution < 1.29 is 39.2 Å². The Morgan fingerprint density at radius 2 is 1.97 bits per heavy atom. The van der Waals surface area contributed by atoms with Crippen molar-refractivity contribution in [2.75, 3.05) is 12.9 Å². The third-order valence-electron chi connectivity index (χ3n) is 5.10. The average Bonchev–Trinajstić information content (AvgIpc) is 2.89. The van der Waals surface area contributed by atoms with Crippen LogP contribution in [-0.4, -0.2) is 31.8 Å². The maximum absolute atomic E-state index is 12.4. The summed E-state index contributed by atoms with van der Waals surface area (Å²) >= 11 is -0.369. The van der Waals surface area contributed by atoms with E-state index in [4.69, 9.17) is 4.74 Å². The van der Waals surface area contributed by atoms with Gasteiger partial charge in [-0.15, -0.1) is 0 Å². The minimum atomic E-state index is -3.41. The molecular formula is C23H24IN2O4S-. The van der Waals surface area contributed by atoms with Gasteiger partial charge in [-0.05, 0) is 0 Å². The predicted molar refractivity (Wildman–Crippen MR) is 117 cm³/mol. The van der Waals surface area contributed by atoms with E-state index in [-0.39, 0.29) is 32.0 Å². The summed E-state index contributed by atoms with van der Waals surface area (Å²) in [6, 6.07) is 5.38. The second kappa shape index (κ2) is 8.66. The van der Waals surface area contributed by atoms with E-state index in [1.54, 1.807) is 12.1 Å². The van der Waals surface area contributed by atoms with E-state index in [0.29, 0.717) is 6.61 Å². The van der Waals surface area contributed by atoms with Crippen molar-refractivity contribution in [1.29, 1.82) is 0 Å². The van der Waals surface area contributed by atoms with E-state index in [2.05, 4.69) is 18.0 Å². The Labute approximate surface area is 192 Å². The quantitative estimate of drug-likeness (QED) is 0.487. The number of allylic oxidation sites excluding steroid dienone is 2. The summed E-state index contributed by atoms with van der Waals surface area (Å²) in [5.74, 6) is 0.607. The zero-order valence-electron chi connectivity index (χ0n) is 17.6. The van der Waals surface area contributed by atoms with Gasteiger partial charge in [-0.3, -0.25) is 0 Å². The Hall–Kier alpha value is -2.33. The van der Waals surface area contributed by atoms with Gasteiger partial charge in [-0.25, -0.2) is 0 Å². The van der Waals surface area contributed by atoms with E-state index in [9.17, 15) is 13.2 Å². The van der Waals surface area contributed by atoms with Crippen LogP contribution in [-0.2, 0) is 26.4 Å². The summed E-state index contributed by atoms with van der Waals surface area (Å²) in [4.78, 5) is 11.9. The van der Waals surface area contributed by atoms with Crippen LogP contribution in [0, 0.1) is 0 Å². The van der Waals surface area contributed by atoms with Gasteiger partial charge in [-0.2, -0.15) is 0 Å². The van der Waals surface area contributed by atoms with Crippen molar-refractivity contribution in [2.45, 2.75) is 24.7 Å². The molecule has 0 radical (unpaired) electrons. The summed E-state index contributed by atoms with van der Waals surface area (Å²) < 4.78 is 37.0. The third-order valence-corrected chi connectivity index (χ3v) is 8.17. The molecule has 8 heteroatoms. The van der Waals surface area contributed by atoms with Crippen LogP contribution in [0.4, 0.5) is 0 Å². The molecule has 0 bridgehead atoms. The Bertz CT molecular complexity index is 1350. The molecule has 0 fully saturated rings. The summed E-state index contributed by atoms with van der Waals surface area (Å²) in [5, 5.41) is 4.92. The Balaban J connectivity index is 1.95. The molecule has 0 aliphatic carbocycles. The van der Waals surface area contributed by atoms with Gasteiger partial charge in [0.2, 0.25) is 0 Å². The molecule has 3 heterocycles. The van der Waals surface area contributed by atoms with Crippen LogP contribution in [0.3, 0.4) is 0 Å². The fourth-order valence-electron chi connectivity index (χ4n) is 3.66. The van der Waals surface area contributed by atoms with Gasteiger partial charge in [0.05, 0.1) is 0 Å². The Kier molecular flexibility index (Phi) is 6.11. The summed E-state index contributed by atoms with van der Waals surface area (Å²) in [5.41, 5.74) is 3.26. The molecule has 31 heavy (non-hydrogen) atoms. The van der Waals surface area contributed by atoms with Crippen molar-refractivity contribution in [1.82, 2.24) is 9.88 Å². The number of ether oxygens (including phenoxy) is 1. The molecule has 164 valence electrons. The van der Waals surface area contributed by atoms with Gasteiger partial charge in [0, 0.05) is 0 Å². The number of fused-ring (bicyclic) bond motifs is 1. The molecule has 1 amide bonds. The fourth-order valence-corrected chi connectivity index (χ4v) is 6.36. The first kappa shape index (κ1) is 21.9. The number of amides is 1. The van der Waals surface area contributed by atoms with Crippen LogP contribution in [0.5, 0.6) is 0 Å². The number of aryl methyl sites for hydroxylation is 1. The normalized spacial score (nSPS) is 16.2. The SMILES string of the molecule is CC(=O)NC1=C[I-]C=c2c(c(-c3cc(C4=CCCCO4)cc(S(C)(=O)=O)c3)cn2C)=C1. The van der Waals surface area contributed by atoms with Crippen LogP contribution in [0.2, 0.25) is 0 Å². The summed E-state index contributed by atoms with van der Waals surface area (Å²) in [6.45, 7) is 2.12. The second-order valence-corrected chi connectivity index (χ2v) is 11.6. The van der Waals surface area contributed by atoms with Crippen molar-refractivity contribution in [2.24, 2.45) is 7.05 Å². The van der Waals surface area contributed by atoms with Crippen LogP contribution in [0.15, 0.2) is 45.1 Å². The van der Waals surface area contributed by atoms with Crippen LogP contribution >= 0.6 is 0 Å². The van der Waals surface area contributed by atoms with E-state index >= 15 is 0 Å². The molecule has 2 aliphatic heterocycles. The van der Waals surface area contributed by atoms with Crippen molar-refractivity contribution in [3.63, 3.8) is 0 Å². The molecule has 1 N–H and O–H groups in total.